The number of benzene rings is 2. The van der Waals surface area contributed by atoms with Crippen LogP contribution in [-0.4, -0.2) is 20.0 Å². The van der Waals surface area contributed by atoms with Gasteiger partial charge in [-0.1, -0.05) is 6.07 Å². The molecule has 1 aliphatic rings. The number of amides is 1. The molecule has 1 aliphatic carbocycles. The molecule has 1 fully saturated rings. The van der Waals surface area contributed by atoms with Gasteiger partial charge in [-0.25, -0.2) is 14.3 Å². The molecule has 0 aliphatic heterocycles. The first-order valence-electron chi connectivity index (χ1n) is 10.5. The van der Waals surface area contributed by atoms with Gasteiger partial charge in [0, 0.05) is 23.5 Å². The van der Waals surface area contributed by atoms with Crippen molar-refractivity contribution in [2.75, 3.05) is 5.32 Å². The fourth-order valence-electron chi connectivity index (χ4n) is 3.65. The van der Waals surface area contributed by atoms with E-state index in [1.807, 2.05) is 37.3 Å². The van der Waals surface area contributed by atoms with E-state index in [-0.39, 0.29) is 11.6 Å². The lowest BCUT2D eigenvalue weighted by Gasteiger charge is -2.11. The standard InChI is InChI=1S/C24H19N5O3S/c1-14-2-9-19-20(10-14)33-22(27-19)15-3-5-17(6-4-15)26-21(30)13-29-23(31)16(11-25)12-28(24(29)32)18-7-8-18/h2-6,9-10,12,18H,7-8,13H2,1H3,(H,26,30). The van der Waals surface area contributed by atoms with Crippen molar-refractivity contribution in [1.82, 2.24) is 14.1 Å². The van der Waals surface area contributed by atoms with Crippen molar-refractivity contribution in [2.24, 2.45) is 0 Å². The molecule has 33 heavy (non-hydrogen) atoms. The van der Waals surface area contributed by atoms with Crippen LogP contribution in [0.15, 0.2) is 58.3 Å². The third-order valence-electron chi connectivity index (χ3n) is 5.52. The molecule has 2 aromatic carbocycles. The topological polar surface area (TPSA) is 110 Å². The van der Waals surface area contributed by atoms with Crippen molar-refractivity contribution < 1.29 is 4.79 Å². The van der Waals surface area contributed by atoms with E-state index in [4.69, 9.17) is 0 Å². The van der Waals surface area contributed by atoms with E-state index < -0.39 is 23.7 Å². The van der Waals surface area contributed by atoms with Crippen molar-refractivity contribution in [3.8, 4) is 16.6 Å². The Hall–Kier alpha value is -4.03. The molecule has 4 aromatic rings. The van der Waals surface area contributed by atoms with Gasteiger partial charge in [0.1, 0.15) is 23.2 Å². The Morgan fingerprint density at radius 3 is 2.67 bits per heavy atom. The zero-order chi connectivity index (χ0) is 23.1. The normalized spacial score (nSPS) is 13.1. The number of aryl methyl sites for hydroxylation is 1. The summed E-state index contributed by atoms with van der Waals surface area (Å²) in [4.78, 5) is 42.3. The van der Waals surface area contributed by atoms with Crippen molar-refractivity contribution in [1.29, 1.82) is 5.26 Å². The Kier molecular flexibility index (Phi) is 5.15. The summed E-state index contributed by atoms with van der Waals surface area (Å²) in [5.41, 5.74) is 2.11. The van der Waals surface area contributed by atoms with Gasteiger partial charge in [0.15, 0.2) is 0 Å². The molecule has 8 nitrogen and oxygen atoms in total. The zero-order valence-corrected chi connectivity index (χ0v) is 18.6. The van der Waals surface area contributed by atoms with Crippen LogP contribution in [0.5, 0.6) is 0 Å². The lowest BCUT2D eigenvalue weighted by atomic mass is 10.2. The highest BCUT2D eigenvalue weighted by molar-refractivity contribution is 7.21. The third-order valence-corrected chi connectivity index (χ3v) is 6.58. The molecule has 1 amide bonds. The maximum atomic E-state index is 12.7. The summed E-state index contributed by atoms with van der Waals surface area (Å²) >= 11 is 1.60. The van der Waals surface area contributed by atoms with E-state index in [1.165, 1.54) is 16.3 Å². The predicted octanol–water partition coefficient (Wildman–Crippen LogP) is 3.44. The Bertz CT molecular complexity index is 1550. The monoisotopic (exact) mass is 457 g/mol. The van der Waals surface area contributed by atoms with Crippen LogP contribution in [0, 0.1) is 18.3 Å². The first-order chi connectivity index (χ1) is 15.9. The van der Waals surface area contributed by atoms with Crippen LogP contribution in [0.1, 0.15) is 30.0 Å². The maximum absolute atomic E-state index is 12.7. The Balaban J connectivity index is 1.34. The van der Waals surface area contributed by atoms with Crippen LogP contribution >= 0.6 is 11.3 Å². The molecule has 2 heterocycles. The van der Waals surface area contributed by atoms with E-state index in [0.29, 0.717) is 5.69 Å². The number of nitriles is 1. The van der Waals surface area contributed by atoms with Gasteiger partial charge in [-0.05, 0) is 61.7 Å². The molecular formula is C24H19N5O3S. The molecule has 0 bridgehead atoms. The van der Waals surface area contributed by atoms with Gasteiger partial charge in [0.25, 0.3) is 5.56 Å². The minimum atomic E-state index is -0.754. The van der Waals surface area contributed by atoms with Gasteiger partial charge in [-0.15, -0.1) is 11.3 Å². The quantitative estimate of drug-likeness (QED) is 0.494. The Morgan fingerprint density at radius 1 is 1.21 bits per heavy atom. The molecule has 2 aromatic heterocycles. The number of anilines is 1. The second kappa shape index (κ2) is 8.15. The van der Waals surface area contributed by atoms with Crippen LogP contribution in [0.25, 0.3) is 20.8 Å². The van der Waals surface area contributed by atoms with Crippen LogP contribution in [0.4, 0.5) is 5.69 Å². The fraction of sp³-hybridized carbons (Fsp3) is 0.208. The molecule has 0 saturated heterocycles. The van der Waals surface area contributed by atoms with E-state index in [2.05, 4.69) is 16.4 Å². The van der Waals surface area contributed by atoms with Crippen LogP contribution < -0.4 is 16.6 Å². The summed E-state index contributed by atoms with van der Waals surface area (Å²) in [5, 5.41) is 12.8. The predicted molar refractivity (Wildman–Crippen MR) is 126 cm³/mol. The van der Waals surface area contributed by atoms with Crippen molar-refractivity contribution >= 4 is 33.1 Å². The molecule has 164 valence electrons. The minimum absolute atomic E-state index is 0.0153. The van der Waals surface area contributed by atoms with Crippen molar-refractivity contribution in [2.45, 2.75) is 32.4 Å². The number of carbonyl (C=O) groups is 1. The van der Waals surface area contributed by atoms with Crippen LogP contribution in [0.2, 0.25) is 0 Å². The van der Waals surface area contributed by atoms with E-state index in [0.717, 1.165) is 38.2 Å². The van der Waals surface area contributed by atoms with Gasteiger partial charge in [-0.2, -0.15) is 5.26 Å². The number of rotatable bonds is 5. The molecule has 9 heteroatoms. The van der Waals surface area contributed by atoms with Crippen molar-refractivity contribution in [3.63, 3.8) is 0 Å². The Labute approximate surface area is 192 Å². The lowest BCUT2D eigenvalue weighted by molar-refractivity contribution is -0.116. The average molecular weight is 458 g/mol. The van der Waals surface area contributed by atoms with E-state index in [1.54, 1.807) is 23.5 Å². The van der Waals surface area contributed by atoms with Gasteiger partial charge < -0.3 is 5.32 Å². The minimum Gasteiger partial charge on any atom is -0.325 e. The first kappa shape index (κ1) is 20.8. The summed E-state index contributed by atoms with van der Waals surface area (Å²) in [7, 11) is 0. The van der Waals surface area contributed by atoms with Gasteiger partial charge in [0.05, 0.1) is 10.2 Å². The highest BCUT2D eigenvalue weighted by Crippen LogP contribution is 2.33. The van der Waals surface area contributed by atoms with Crippen LogP contribution in [0.3, 0.4) is 0 Å². The summed E-state index contributed by atoms with van der Waals surface area (Å²) in [6, 6.07) is 15.2. The summed E-state index contributed by atoms with van der Waals surface area (Å²) in [6.45, 7) is 1.58. The number of nitrogens with zero attached hydrogens (tertiary/aromatic N) is 4. The summed E-state index contributed by atoms with van der Waals surface area (Å²) in [6.07, 6.45) is 2.92. The molecule has 0 spiro atoms. The molecule has 1 saturated carbocycles. The van der Waals surface area contributed by atoms with Gasteiger partial charge >= 0.3 is 5.69 Å². The highest BCUT2D eigenvalue weighted by atomic mass is 32.1. The number of hydrogen-bond acceptors (Lipinski definition) is 6. The van der Waals surface area contributed by atoms with Crippen molar-refractivity contribution in [3.05, 3.63) is 80.6 Å². The first-order valence-corrected chi connectivity index (χ1v) is 11.3. The van der Waals surface area contributed by atoms with E-state index >= 15 is 0 Å². The number of fused-ring (bicyclic) bond motifs is 1. The third kappa shape index (κ3) is 4.08. The highest BCUT2D eigenvalue weighted by Gasteiger charge is 2.27. The summed E-state index contributed by atoms with van der Waals surface area (Å²) in [5.74, 6) is -0.519. The Morgan fingerprint density at radius 2 is 1.97 bits per heavy atom. The molecule has 0 atom stereocenters. The average Bonchev–Trinajstić information content (AvgIpc) is 3.56. The second-order valence-electron chi connectivity index (χ2n) is 8.08. The number of hydrogen-bond donors (Lipinski definition) is 1. The molecule has 5 rings (SSSR count). The zero-order valence-electron chi connectivity index (χ0n) is 17.7. The van der Waals surface area contributed by atoms with Gasteiger partial charge in [0.2, 0.25) is 5.91 Å². The molecular weight excluding hydrogens is 438 g/mol. The smallest absolute Gasteiger partial charge is 0.325 e. The number of thiazole rings is 1. The number of nitrogens with one attached hydrogen (secondary N) is 1. The van der Waals surface area contributed by atoms with Gasteiger partial charge in [-0.3, -0.25) is 14.2 Å². The fourth-order valence-corrected chi connectivity index (χ4v) is 4.72. The molecule has 0 radical (unpaired) electrons. The molecule has 0 unspecified atom stereocenters. The lowest BCUT2D eigenvalue weighted by Crippen LogP contribution is -2.43. The molecule has 1 N–H and O–H groups in total. The number of aromatic nitrogens is 3. The SMILES string of the molecule is Cc1ccc2nc(-c3ccc(NC(=O)Cn4c(=O)c(C#N)cn(C5CC5)c4=O)cc3)sc2c1. The van der Waals surface area contributed by atoms with E-state index in [9.17, 15) is 19.6 Å². The second-order valence-corrected chi connectivity index (χ2v) is 9.11. The summed E-state index contributed by atoms with van der Waals surface area (Å²) < 4.78 is 3.31. The largest absolute Gasteiger partial charge is 0.331 e. The van der Waals surface area contributed by atoms with Crippen LogP contribution in [-0.2, 0) is 11.3 Å². The number of carbonyl (C=O) groups excluding carboxylic acids is 1. The maximum Gasteiger partial charge on any atom is 0.331 e.